The van der Waals surface area contributed by atoms with Gasteiger partial charge in [0.15, 0.2) is 0 Å². The molecule has 0 bridgehead atoms. The van der Waals surface area contributed by atoms with Crippen LogP contribution < -0.4 is 0 Å². The maximum atomic E-state index is 11.0. The van der Waals surface area contributed by atoms with Crippen LogP contribution in [0.4, 0.5) is 0 Å². The average molecular weight is 220 g/mol. The molecule has 0 atom stereocenters. The van der Waals surface area contributed by atoms with Gasteiger partial charge in [-0.15, -0.1) is 0 Å². The van der Waals surface area contributed by atoms with Crippen LogP contribution in [0, 0.1) is 20.8 Å². The van der Waals surface area contributed by atoms with Crippen LogP contribution in [-0.4, -0.2) is 13.1 Å². The van der Waals surface area contributed by atoms with Gasteiger partial charge in [0.2, 0.25) is 0 Å². The van der Waals surface area contributed by atoms with E-state index < -0.39 is 0 Å². The van der Waals surface area contributed by atoms with Crippen LogP contribution in [0.25, 0.3) is 0 Å². The monoisotopic (exact) mass is 220 g/mol. The lowest BCUT2D eigenvalue weighted by atomic mass is 9.97. The molecule has 0 saturated heterocycles. The molecule has 2 heteroatoms. The number of hydrogen-bond donors (Lipinski definition) is 0. The predicted octanol–water partition coefficient (Wildman–Crippen LogP) is 3.11. The molecule has 0 aliphatic rings. The highest BCUT2D eigenvalue weighted by Gasteiger charge is 2.04. The van der Waals surface area contributed by atoms with Crippen LogP contribution in [0.5, 0.6) is 0 Å². The van der Waals surface area contributed by atoms with Gasteiger partial charge in [0, 0.05) is 6.42 Å². The van der Waals surface area contributed by atoms with Crippen molar-refractivity contribution in [3.8, 4) is 0 Å². The van der Waals surface area contributed by atoms with Gasteiger partial charge in [-0.1, -0.05) is 12.1 Å². The van der Waals surface area contributed by atoms with Gasteiger partial charge in [0.1, 0.15) is 0 Å². The minimum atomic E-state index is -0.124. The second kappa shape index (κ2) is 5.69. The number of carbonyl (C=O) groups excluding carboxylic acids is 1. The number of benzene rings is 1. The van der Waals surface area contributed by atoms with Crippen LogP contribution in [-0.2, 0) is 16.0 Å². The first kappa shape index (κ1) is 12.8. The summed E-state index contributed by atoms with van der Waals surface area (Å²) < 4.78 is 4.62. The Morgan fingerprint density at radius 1 is 1.12 bits per heavy atom. The van der Waals surface area contributed by atoms with Crippen molar-refractivity contribution in [2.75, 3.05) is 7.11 Å². The zero-order valence-corrected chi connectivity index (χ0v) is 10.6. The first-order valence-electron chi connectivity index (χ1n) is 5.68. The Morgan fingerprint density at radius 2 is 1.75 bits per heavy atom. The summed E-state index contributed by atoms with van der Waals surface area (Å²) in [6.07, 6.45) is 2.31. The number of rotatable bonds is 4. The van der Waals surface area contributed by atoms with Gasteiger partial charge >= 0.3 is 5.97 Å². The average Bonchev–Trinajstić information content (AvgIpc) is 2.25. The van der Waals surface area contributed by atoms with E-state index in [1.165, 1.54) is 29.4 Å². The van der Waals surface area contributed by atoms with E-state index in [0.29, 0.717) is 6.42 Å². The summed E-state index contributed by atoms with van der Waals surface area (Å²) in [5, 5.41) is 0. The fraction of sp³-hybridized carbons (Fsp3) is 0.500. The molecule has 0 heterocycles. The maximum Gasteiger partial charge on any atom is 0.305 e. The van der Waals surface area contributed by atoms with E-state index in [2.05, 4.69) is 37.6 Å². The Morgan fingerprint density at radius 3 is 2.38 bits per heavy atom. The molecule has 88 valence electrons. The highest BCUT2D eigenvalue weighted by molar-refractivity contribution is 5.69. The molecule has 0 unspecified atom stereocenters. The SMILES string of the molecule is COC(=O)CCCc1cc(C)c(C)cc1C. The lowest BCUT2D eigenvalue weighted by Crippen LogP contribution is -2.01. The van der Waals surface area contributed by atoms with Gasteiger partial charge < -0.3 is 4.74 Å². The standard InChI is InChI=1S/C14H20O2/c1-10-8-12(3)13(9-11(10)2)6-5-7-14(15)16-4/h8-9H,5-7H2,1-4H3. The van der Waals surface area contributed by atoms with Crippen molar-refractivity contribution in [1.29, 1.82) is 0 Å². The number of methoxy groups -OCH3 is 1. The topological polar surface area (TPSA) is 26.3 Å². The fourth-order valence-electron chi connectivity index (χ4n) is 1.81. The first-order valence-corrected chi connectivity index (χ1v) is 5.68. The van der Waals surface area contributed by atoms with E-state index in [1.807, 2.05) is 0 Å². The van der Waals surface area contributed by atoms with Gasteiger partial charge in [0.25, 0.3) is 0 Å². The summed E-state index contributed by atoms with van der Waals surface area (Å²) in [5.41, 5.74) is 5.30. The molecule has 0 amide bonds. The van der Waals surface area contributed by atoms with Crippen molar-refractivity contribution in [3.63, 3.8) is 0 Å². The van der Waals surface area contributed by atoms with E-state index in [4.69, 9.17) is 0 Å². The zero-order chi connectivity index (χ0) is 12.1. The summed E-state index contributed by atoms with van der Waals surface area (Å²) in [6.45, 7) is 6.37. The van der Waals surface area contributed by atoms with Gasteiger partial charge in [-0.05, 0) is 55.9 Å². The minimum Gasteiger partial charge on any atom is -0.469 e. The first-order chi connectivity index (χ1) is 7.54. The van der Waals surface area contributed by atoms with Crippen molar-refractivity contribution >= 4 is 5.97 Å². The third-order valence-corrected chi connectivity index (χ3v) is 3.01. The normalized spacial score (nSPS) is 10.2. The molecule has 0 fully saturated rings. The smallest absolute Gasteiger partial charge is 0.305 e. The Kier molecular flexibility index (Phi) is 4.53. The van der Waals surface area contributed by atoms with Crippen LogP contribution in [0.2, 0.25) is 0 Å². The second-order valence-corrected chi connectivity index (χ2v) is 4.29. The highest BCUT2D eigenvalue weighted by Crippen LogP contribution is 2.17. The molecule has 2 nitrogen and oxygen atoms in total. The van der Waals surface area contributed by atoms with E-state index >= 15 is 0 Å². The molecule has 0 aliphatic heterocycles. The van der Waals surface area contributed by atoms with E-state index in [-0.39, 0.29) is 5.97 Å². The molecule has 0 spiro atoms. The summed E-state index contributed by atoms with van der Waals surface area (Å²) in [6, 6.07) is 4.44. The van der Waals surface area contributed by atoms with Gasteiger partial charge in [-0.3, -0.25) is 4.79 Å². The molecule has 0 radical (unpaired) electrons. The number of hydrogen-bond acceptors (Lipinski definition) is 2. The predicted molar refractivity (Wildman–Crippen MR) is 65.6 cm³/mol. The Hall–Kier alpha value is -1.31. The molecule has 1 aromatic carbocycles. The molecule has 16 heavy (non-hydrogen) atoms. The Labute approximate surface area is 97.6 Å². The Bertz CT molecular complexity index is 381. The van der Waals surface area contributed by atoms with Crippen LogP contribution in [0.1, 0.15) is 35.1 Å². The van der Waals surface area contributed by atoms with E-state index in [9.17, 15) is 4.79 Å². The number of carbonyl (C=O) groups is 1. The van der Waals surface area contributed by atoms with Crippen molar-refractivity contribution in [1.82, 2.24) is 0 Å². The minimum absolute atomic E-state index is 0.124. The quantitative estimate of drug-likeness (QED) is 0.729. The largest absolute Gasteiger partial charge is 0.469 e. The summed E-state index contributed by atoms with van der Waals surface area (Å²) in [4.78, 5) is 11.0. The van der Waals surface area contributed by atoms with Crippen molar-refractivity contribution < 1.29 is 9.53 Å². The van der Waals surface area contributed by atoms with Crippen molar-refractivity contribution in [2.45, 2.75) is 40.0 Å². The molecule has 0 aromatic heterocycles. The van der Waals surface area contributed by atoms with Crippen LogP contribution in [0.3, 0.4) is 0 Å². The van der Waals surface area contributed by atoms with E-state index in [1.54, 1.807) is 0 Å². The molecule has 1 aromatic rings. The van der Waals surface area contributed by atoms with Crippen molar-refractivity contribution in [3.05, 3.63) is 34.4 Å². The number of ether oxygens (including phenoxy) is 1. The zero-order valence-electron chi connectivity index (χ0n) is 10.6. The van der Waals surface area contributed by atoms with Gasteiger partial charge in [-0.25, -0.2) is 0 Å². The third kappa shape index (κ3) is 3.37. The number of aryl methyl sites for hydroxylation is 4. The van der Waals surface area contributed by atoms with Crippen LogP contribution in [0.15, 0.2) is 12.1 Å². The molecular formula is C14H20O2. The molecular weight excluding hydrogens is 200 g/mol. The maximum absolute atomic E-state index is 11.0. The molecule has 1 rings (SSSR count). The Balaban J connectivity index is 2.60. The van der Waals surface area contributed by atoms with Crippen LogP contribution >= 0.6 is 0 Å². The van der Waals surface area contributed by atoms with Gasteiger partial charge in [-0.2, -0.15) is 0 Å². The third-order valence-electron chi connectivity index (χ3n) is 3.01. The summed E-state index contributed by atoms with van der Waals surface area (Å²) in [5.74, 6) is -0.124. The van der Waals surface area contributed by atoms with Crippen molar-refractivity contribution in [2.24, 2.45) is 0 Å². The second-order valence-electron chi connectivity index (χ2n) is 4.29. The highest BCUT2D eigenvalue weighted by atomic mass is 16.5. The molecule has 0 saturated carbocycles. The lowest BCUT2D eigenvalue weighted by molar-refractivity contribution is -0.140. The fourth-order valence-corrected chi connectivity index (χ4v) is 1.81. The molecule has 0 N–H and O–H groups in total. The summed E-state index contributed by atoms with van der Waals surface area (Å²) >= 11 is 0. The molecule has 0 aliphatic carbocycles. The van der Waals surface area contributed by atoms with E-state index in [0.717, 1.165) is 12.8 Å². The number of esters is 1. The lowest BCUT2D eigenvalue weighted by Gasteiger charge is -2.09. The summed E-state index contributed by atoms with van der Waals surface area (Å²) in [7, 11) is 1.43. The van der Waals surface area contributed by atoms with Gasteiger partial charge in [0.05, 0.1) is 7.11 Å².